The Labute approximate surface area is 145 Å². The predicted octanol–water partition coefficient (Wildman–Crippen LogP) is 2.77. The van der Waals surface area contributed by atoms with Crippen molar-refractivity contribution in [1.82, 2.24) is 4.98 Å². The fourth-order valence-corrected chi connectivity index (χ4v) is 2.95. The second kappa shape index (κ2) is 6.57. The second-order valence-electron chi connectivity index (χ2n) is 5.77. The van der Waals surface area contributed by atoms with Gasteiger partial charge < -0.3 is 5.11 Å². The third-order valence-corrected chi connectivity index (χ3v) is 4.18. The number of benzene rings is 1. The molecule has 5 heteroatoms. The lowest BCUT2D eigenvalue weighted by Gasteiger charge is -2.16. The van der Waals surface area contributed by atoms with E-state index in [9.17, 15) is 5.11 Å². The lowest BCUT2D eigenvalue weighted by molar-refractivity contribution is -0.378. The van der Waals surface area contributed by atoms with Crippen molar-refractivity contribution < 1.29 is 15.1 Å². The smallest absolute Gasteiger partial charge is 0.272 e. The van der Waals surface area contributed by atoms with Crippen LogP contribution in [-0.2, 0) is 0 Å². The molecule has 25 heavy (non-hydrogen) atoms. The van der Waals surface area contributed by atoms with Crippen LogP contribution in [0.25, 0.3) is 10.9 Å². The summed E-state index contributed by atoms with van der Waals surface area (Å²) in [5.74, 6) is 1.06. The first-order valence-corrected chi connectivity index (χ1v) is 8.09. The standard InChI is InChI=1S/C20H16N4O/c25-20-16(7-6-14-4-3-11-23-19(14)20)18(15-8-12-21-13-9-15)24-17-5-1-2-10-22-17/h1-13,18,25H,(H,22,24)/p+2. The summed E-state index contributed by atoms with van der Waals surface area (Å²) in [6.07, 6.45) is 7.29. The van der Waals surface area contributed by atoms with Crippen molar-refractivity contribution in [2.45, 2.75) is 6.04 Å². The normalized spacial score (nSPS) is 12.0. The van der Waals surface area contributed by atoms with Crippen LogP contribution in [0, 0.1) is 0 Å². The molecule has 0 bridgehead atoms. The zero-order valence-electron chi connectivity index (χ0n) is 13.5. The van der Waals surface area contributed by atoms with Gasteiger partial charge in [0.1, 0.15) is 17.3 Å². The van der Waals surface area contributed by atoms with Gasteiger partial charge in [-0.05, 0) is 18.2 Å². The van der Waals surface area contributed by atoms with Crippen LogP contribution in [0.4, 0.5) is 5.82 Å². The van der Waals surface area contributed by atoms with Crippen molar-refractivity contribution in [3.8, 4) is 5.75 Å². The van der Waals surface area contributed by atoms with Crippen LogP contribution in [0.5, 0.6) is 5.75 Å². The van der Waals surface area contributed by atoms with Gasteiger partial charge in [-0.25, -0.2) is 9.97 Å². The van der Waals surface area contributed by atoms with E-state index in [1.165, 1.54) is 0 Å². The number of aromatic amines is 2. The summed E-state index contributed by atoms with van der Waals surface area (Å²) in [6.45, 7) is 0. The van der Waals surface area contributed by atoms with E-state index in [4.69, 9.17) is 0 Å². The van der Waals surface area contributed by atoms with Crippen LogP contribution >= 0.6 is 0 Å². The zero-order chi connectivity index (χ0) is 17.1. The maximum absolute atomic E-state index is 10.8. The number of phenolic OH excluding ortho intramolecular Hbond substituents is 1. The molecule has 0 aliphatic heterocycles. The molecule has 0 fully saturated rings. The van der Waals surface area contributed by atoms with E-state index in [2.05, 4.69) is 20.3 Å². The molecule has 4 rings (SSSR count). The first kappa shape index (κ1) is 15.1. The van der Waals surface area contributed by atoms with Crippen LogP contribution in [-0.4, -0.2) is 10.1 Å². The molecule has 0 aliphatic rings. The number of aromatic nitrogens is 3. The fourth-order valence-electron chi connectivity index (χ4n) is 2.95. The van der Waals surface area contributed by atoms with E-state index in [0.29, 0.717) is 5.52 Å². The Morgan fingerprint density at radius 3 is 2.60 bits per heavy atom. The summed E-state index contributed by atoms with van der Waals surface area (Å²) in [7, 11) is 0. The lowest BCUT2D eigenvalue weighted by Crippen LogP contribution is -2.19. The molecular formula is C20H18N4O+2. The number of hydrogen-bond acceptors (Lipinski definition) is 3. The first-order chi connectivity index (χ1) is 12.3. The number of fused-ring (bicyclic) bond motifs is 1. The van der Waals surface area contributed by atoms with Crippen molar-refractivity contribution >= 4 is 16.7 Å². The van der Waals surface area contributed by atoms with Gasteiger partial charge in [-0.3, -0.25) is 10.3 Å². The third kappa shape index (κ3) is 2.99. The van der Waals surface area contributed by atoms with Gasteiger partial charge in [0.15, 0.2) is 12.4 Å². The Bertz CT molecular complexity index is 990. The molecule has 3 aromatic heterocycles. The van der Waals surface area contributed by atoms with E-state index in [1.807, 2.05) is 73.2 Å². The number of hydrogen-bond donors (Lipinski definition) is 2. The molecule has 1 unspecified atom stereocenters. The molecule has 1 aromatic carbocycles. The molecule has 0 aliphatic carbocycles. The van der Waals surface area contributed by atoms with Gasteiger partial charge in [-0.1, -0.05) is 18.2 Å². The Kier molecular flexibility index (Phi) is 3.96. The van der Waals surface area contributed by atoms with Crippen LogP contribution in [0.2, 0.25) is 0 Å². The van der Waals surface area contributed by atoms with Gasteiger partial charge in [-0.15, -0.1) is 0 Å². The maximum atomic E-state index is 10.8. The van der Waals surface area contributed by atoms with E-state index < -0.39 is 0 Å². The highest BCUT2D eigenvalue weighted by Crippen LogP contribution is 2.35. The molecule has 1 atom stereocenters. The number of rotatable bonds is 4. The summed E-state index contributed by atoms with van der Waals surface area (Å²) in [5, 5.41) is 15.2. The van der Waals surface area contributed by atoms with E-state index in [-0.39, 0.29) is 11.8 Å². The van der Waals surface area contributed by atoms with Crippen LogP contribution in [0.1, 0.15) is 17.2 Å². The van der Waals surface area contributed by atoms with Crippen LogP contribution < -0.4 is 15.3 Å². The number of aromatic hydroxyl groups is 1. The summed E-state index contributed by atoms with van der Waals surface area (Å²) >= 11 is 0. The minimum Gasteiger partial charge on any atom is -0.505 e. The number of H-pyrrole nitrogens is 2. The molecule has 0 radical (unpaired) electrons. The Morgan fingerprint density at radius 2 is 1.80 bits per heavy atom. The molecule has 3 heterocycles. The number of nitrogens with zero attached hydrogens (tertiary/aromatic N) is 1. The SMILES string of the molecule is Oc1c(C(Nc2cccc[nH+]2)c2cc[nH+]cc2)ccc2cccnc12. The number of nitrogens with one attached hydrogen (secondary N) is 3. The van der Waals surface area contributed by atoms with Crippen molar-refractivity contribution in [1.29, 1.82) is 0 Å². The molecule has 0 saturated carbocycles. The van der Waals surface area contributed by atoms with E-state index in [1.54, 1.807) is 6.20 Å². The Hall–Kier alpha value is -3.47. The zero-order valence-corrected chi connectivity index (χ0v) is 13.5. The highest BCUT2D eigenvalue weighted by Gasteiger charge is 2.24. The molecule has 0 amide bonds. The largest absolute Gasteiger partial charge is 0.505 e. The minimum atomic E-state index is -0.223. The summed E-state index contributed by atoms with van der Waals surface area (Å²) < 4.78 is 0. The van der Waals surface area contributed by atoms with Crippen molar-refractivity contribution in [2.75, 3.05) is 5.32 Å². The molecule has 0 spiro atoms. The molecular weight excluding hydrogens is 312 g/mol. The minimum absolute atomic E-state index is 0.194. The second-order valence-corrected chi connectivity index (χ2v) is 5.77. The van der Waals surface area contributed by atoms with Crippen LogP contribution in [0.15, 0.2) is 79.4 Å². The quantitative estimate of drug-likeness (QED) is 0.604. The summed E-state index contributed by atoms with van der Waals surface area (Å²) in [6, 6.07) is 17.3. The van der Waals surface area contributed by atoms with Gasteiger partial charge >= 0.3 is 0 Å². The molecule has 122 valence electrons. The van der Waals surface area contributed by atoms with Crippen molar-refractivity contribution in [3.05, 3.63) is 90.5 Å². The third-order valence-electron chi connectivity index (χ3n) is 4.18. The lowest BCUT2D eigenvalue weighted by atomic mass is 9.97. The van der Waals surface area contributed by atoms with Crippen LogP contribution in [0.3, 0.4) is 0 Å². The fraction of sp³-hybridized carbons (Fsp3) is 0.0500. The number of anilines is 1. The average Bonchev–Trinajstić information content (AvgIpc) is 2.69. The maximum Gasteiger partial charge on any atom is 0.272 e. The molecule has 0 saturated heterocycles. The Morgan fingerprint density at radius 1 is 0.920 bits per heavy atom. The van der Waals surface area contributed by atoms with Gasteiger partial charge in [0, 0.05) is 40.9 Å². The number of pyridine rings is 3. The van der Waals surface area contributed by atoms with Gasteiger partial charge in [0.2, 0.25) is 0 Å². The topological polar surface area (TPSA) is 73.4 Å². The van der Waals surface area contributed by atoms with Gasteiger partial charge in [-0.2, -0.15) is 0 Å². The summed E-state index contributed by atoms with van der Waals surface area (Å²) in [5.41, 5.74) is 2.41. The predicted molar refractivity (Wildman–Crippen MR) is 94.9 cm³/mol. The monoisotopic (exact) mass is 330 g/mol. The van der Waals surface area contributed by atoms with Crippen molar-refractivity contribution in [2.24, 2.45) is 0 Å². The highest BCUT2D eigenvalue weighted by molar-refractivity contribution is 5.85. The molecule has 4 aromatic rings. The highest BCUT2D eigenvalue weighted by atomic mass is 16.3. The average molecular weight is 330 g/mol. The van der Waals surface area contributed by atoms with Gasteiger partial charge in [0.25, 0.3) is 5.82 Å². The molecule has 4 N–H and O–H groups in total. The first-order valence-electron chi connectivity index (χ1n) is 8.09. The van der Waals surface area contributed by atoms with Crippen molar-refractivity contribution in [3.63, 3.8) is 0 Å². The van der Waals surface area contributed by atoms with E-state index in [0.717, 1.165) is 22.3 Å². The Balaban J connectivity index is 1.85. The van der Waals surface area contributed by atoms with Gasteiger partial charge in [0.05, 0.1) is 6.20 Å². The number of phenols is 1. The summed E-state index contributed by atoms with van der Waals surface area (Å²) in [4.78, 5) is 10.5. The molecule has 5 nitrogen and oxygen atoms in total. The van der Waals surface area contributed by atoms with E-state index >= 15 is 0 Å².